The number of nitrogens with zero attached hydrogens (tertiary/aromatic N) is 2. The normalized spacial score (nSPS) is 14.8. The molecule has 0 unspecified atom stereocenters. The van der Waals surface area contributed by atoms with Gasteiger partial charge in [0.15, 0.2) is 0 Å². The monoisotopic (exact) mass is 394 g/mol. The quantitative estimate of drug-likeness (QED) is 0.594. The minimum absolute atomic E-state index is 0.0126. The van der Waals surface area contributed by atoms with Gasteiger partial charge in [-0.3, -0.25) is 14.4 Å². The molecule has 8 nitrogen and oxygen atoms in total. The molecule has 0 N–H and O–H groups in total. The number of aryl methyl sites for hydroxylation is 1. The summed E-state index contributed by atoms with van der Waals surface area (Å²) >= 11 is 0. The molecule has 0 radical (unpaired) electrons. The summed E-state index contributed by atoms with van der Waals surface area (Å²) in [6.07, 6.45) is 2.95. The summed E-state index contributed by atoms with van der Waals surface area (Å²) < 4.78 is 15.4. The van der Waals surface area contributed by atoms with E-state index in [1.807, 2.05) is 0 Å². The van der Waals surface area contributed by atoms with E-state index >= 15 is 0 Å². The summed E-state index contributed by atoms with van der Waals surface area (Å²) in [4.78, 5) is 40.5. The molecule has 1 aromatic rings. The van der Waals surface area contributed by atoms with Crippen molar-refractivity contribution in [2.24, 2.45) is 5.92 Å². The van der Waals surface area contributed by atoms with Crippen LogP contribution in [0.4, 0.5) is 0 Å². The van der Waals surface area contributed by atoms with Gasteiger partial charge in [-0.15, -0.1) is 0 Å². The summed E-state index contributed by atoms with van der Waals surface area (Å²) in [5, 5.41) is 0. The molecule has 0 aromatic carbocycles. The molecular weight excluding hydrogens is 364 g/mol. The zero-order chi connectivity index (χ0) is 20.5. The Balaban J connectivity index is 1.87. The molecule has 0 spiro atoms. The molecule has 0 atom stereocenters. The Morgan fingerprint density at radius 3 is 2.54 bits per heavy atom. The van der Waals surface area contributed by atoms with Crippen molar-refractivity contribution in [2.45, 2.75) is 33.1 Å². The number of amides is 2. The Bertz CT molecular complexity index is 663. The second-order valence-electron chi connectivity index (χ2n) is 6.83. The minimum Gasteiger partial charge on any atom is -0.469 e. The van der Waals surface area contributed by atoms with Crippen LogP contribution in [0, 0.1) is 12.8 Å². The highest BCUT2D eigenvalue weighted by atomic mass is 16.5. The molecule has 1 aliphatic heterocycles. The van der Waals surface area contributed by atoms with Gasteiger partial charge in [-0.25, -0.2) is 0 Å². The maximum atomic E-state index is 12.7. The SMILES string of the molecule is CCOC(=O)C1CCN(C(=O)CCN(CCOC)C(=O)c2ccoc2C)CC1. The van der Waals surface area contributed by atoms with Gasteiger partial charge in [0.1, 0.15) is 5.76 Å². The summed E-state index contributed by atoms with van der Waals surface area (Å²) in [5.41, 5.74) is 0.499. The van der Waals surface area contributed by atoms with Crippen LogP contribution in [-0.2, 0) is 19.1 Å². The number of carbonyl (C=O) groups is 3. The van der Waals surface area contributed by atoms with Gasteiger partial charge in [0.2, 0.25) is 5.91 Å². The van der Waals surface area contributed by atoms with Crippen LogP contribution in [0.5, 0.6) is 0 Å². The highest BCUT2D eigenvalue weighted by Crippen LogP contribution is 2.19. The molecule has 2 rings (SSSR count). The van der Waals surface area contributed by atoms with Crippen LogP contribution in [0.1, 0.15) is 42.3 Å². The largest absolute Gasteiger partial charge is 0.469 e. The van der Waals surface area contributed by atoms with Gasteiger partial charge in [-0.2, -0.15) is 0 Å². The molecule has 1 fully saturated rings. The van der Waals surface area contributed by atoms with Crippen LogP contribution in [0.3, 0.4) is 0 Å². The van der Waals surface area contributed by atoms with E-state index in [-0.39, 0.29) is 30.1 Å². The van der Waals surface area contributed by atoms with E-state index in [2.05, 4.69) is 0 Å². The van der Waals surface area contributed by atoms with Crippen LogP contribution in [-0.4, -0.2) is 74.1 Å². The number of furan rings is 1. The fourth-order valence-electron chi connectivity index (χ4n) is 3.31. The summed E-state index contributed by atoms with van der Waals surface area (Å²) in [7, 11) is 1.57. The second kappa shape index (κ2) is 10.8. The number of ether oxygens (including phenoxy) is 2. The molecule has 2 amide bonds. The molecule has 1 aromatic heterocycles. The topological polar surface area (TPSA) is 89.3 Å². The molecule has 156 valence electrons. The lowest BCUT2D eigenvalue weighted by Gasteiger charge is -2.31. The van der Waals surface area contributed by atoms with Crippen molar-refractivity contribution in [2.75, 3.05) is 46.5 Å². The van der Waals surface area contributed by atoms with Crippen LogP contribution in [0.25, 0.3) is 0 Å². The smallest absolute Gasteiger partial charge is 0.309 e. The molecule has 28 heavy (non-hydrogen) atoms. The number of hydrogen-bond donors (Lipinski definition) is 0. The third-order valence-electron chi connectivity index (χ3n) is 5.00. The van der Waals surface area contributed by atoms with E-state index in [4.69, 9.17) is 13.9 Å². The Morgan fingerprint density at radius 2 is 1.96 bits per heavy atom. The molecular formula is C20H30N2O6. The third kappa shape index (κ3) is 5.82. The van der Waals surface area contributed by atoms with Crippen LogP contribution in [0.15, 0.2) is 16.7 Å². The number of hydrogen-bond acceptors (Lipinski definition) is 6. The highest BCUT2D eigenvalue weighted by molar-refractivity contribution is 5.95. The van der Waals surface area contributed by atoms with Gasteiger partial charge >= 0.3 is 5.97 Å². The number of piperidine rings is 1. The number of likely N-dealkylation sites (tertiary alicyclic amines) is 1. The van der Waals surface area contributed by atoms with Gasteiger partial charge in [0.05, 0.1) is 31.0 Å². The van der Waals surface area contributed by atoms with Crippen molar-refractivity contribution in [1.82, 2.24) is 9.80 Å². The predicted molar refractivity (Wildman–Crippen MR) is 102 cm³/mol. The zero-order valence-corrected chi connectivity index (χ0v) is 16.9. The van der Waals surface area contributed by atoms with Gasteiger partial charge in [0.25, 0.3) is 5.91 Å². The van der Waals surface area contributed by atoms with Crippen LogP contribution >= 0.6 is 0 Å². The maximum Gasteiger partial charge on any atom is 0.309 e. The lowest BCUT2D eigenvalue weighted by Crippen LogP contribution is -2.43. The number of esters is 1. The maximum absolute atomic E-state index is 12.7. The summed E-state index contributed by atoms with van der Waals surface area (Å²) in [5.74, 6) is 0.0626. The van der Waals surface area contributed by atoms with E-state index in [1.54, 1.807) is 36.8 Å². The molecule has 0 aliphatic carbocycles. The minimum atomic E-state index is -0.179. The first-order chi connectivity index (χ1) is 13.5. The number of rotatable bonds is 9. The van der Waals surface area contributed by atoms with Crippen molar-refractivity contribution in [3.05, 3.63) is 23.7 Å². The van der Waals surface area contributed by atoms with Crippen LogP contribution < -0.4 is 0 Å². The number of carbonyl (C=O) groups excluding carboxylic acids is 3. The fourth-order valence-corrected chi connectivity index (χ4v) is 3.31. The average Bonchev–Trinajstić information content (AvgIpc) is 3.13. The van der Waals surface area contributed by atoms with Gasteiger partial charge in [-0.1, -0.05) is 0 Å². The van der Waals surface area contributed by atoms with E-state index in [0.29, 0.717) is 63.6 Å². The van der Waals surface area contributed by atoms with E-state index in [1.165, 1.54) is 6.26 Å². The Labute approximate surface area is 165 Å². The predicted octanol–water partition coefficient (Wildman–Crippen LogP) is 1.87. The Hall–Kier alpha value is -2.35. The standard InChI is InChI=1S/C20H30N2O6/c1-4-27-20(25)16-5-9-21(10-6-16)18(23)7-11-22(12-14-26-3)19(24)17-8-13-28-15(17)2/h8,13,16H,4-7,9-12,14H2,1-3H3. The average molecular weight is 394 g/mol. The second-order valence-corrected chi connectivity index (χ2v) is 6.83. The first-order valence-electron chi connectivity index (χ1n) is 9.74. The third-order valence-corrected chi connectivity index (χ3v) is 5.00. The Kier molecular flexibility index (Phi) is 8.50. The van der Waals surface area contributed by atoms with Crippen molar-refractivity contribution < 1.29 is 28.3 Å². The summed E-state index contributed by atoms with van der Waals surface area (Å²) in [6.45, 7) is 6.08. The Morgan fingerprint density at radius 1 is 1.25 bits per heavy atom. The highest BCUT2D eigenvalue weighted by Gasteiger charge is 2.28. The van der Waals surface area contributed by atoms with Gasteiger partial charge < -0.3 is 23.7 Å². The molecule has 8 heteroatoms. The first-order valence-corrected chi connectivity index (χ1v) is 9.74. The van der Waals surface area contributed by atoms with Gasteiger partial charge in [-0.05, 0) is 32.8 Å². The van der Waals surface area contributed by atoms with E-state index < -0.39 is 0 Å². The lowest BCUT2D eigenvalue weighted by molar-refractivity contribution is -0.151. The lowest BCUT2D eigenvalue weighted by atomic mass is 9.97. The molecule has 1 aliphatic rings. The van der Waals surface area contributed by atoms with Crippen molar-refractivity contribution in [1.29, 1.82) is 0 Å². The molecule has 0 bridgehead atoms. The first kappa shape index (κ1) is 21.9. The zero-order valence-electron chi connectivity index (χ0n) is 16.9. The van der Waals surface area contributed by atoms with E-state index in [9.17, 15) is 14.4 Å². The molecule has 0 saturated carbocycles. The van der Waals surface area contributed by atoms with Gasteiger partial charge in [0, 0.05) is 39.7 Å². The van der Waals surface area contributed by atoms with E-state index in [0.717, 1.165) is 0 Å². The fraction of sp³-hybridized carbons (Fsp3) is 0.650. The summed E-state index contributed by atoms with van der Waals surface area (Å²) in [6, 6.07) is 1.64. The van der Waals surface area contributed by atoms with Crippen LogP contribution in [0.2, 0.25) is 0 Å². The van der Waals surface area contributed by atoms with Crippen molar-refractivity contribution in [3.8, 4) is 0 Å². The molecule has 2 heterocycles. The number of methoxy groups -OCH3 is 1. The molecule has 1 saturated heterocycles. The van der Waals surface area contributed by atoms with Crippen molar-refractivity contribution in [3.63, 3.8) is 0 Å². The van der Waals surface area contributed by atoms with Crippen molar-refractivity contribution >= 4 is 17.8 Å².